The Balaban J connectivity index is 2.50. The number of hydrogen-bond acceptors (Lipinski definition) is 5. The molecule has 0 radical (unpaired) electrons. The van der Waals surface area contributed by atoms with E-state index in [1.54, 1.807) is 12.1 Å². The lowest BCUT2D eigenvalue weighted by atomic mass is 9.93. The Morgan fingerprint density at radius 2 is 1.89 bits per heavy atom. The fourth-order valence-electron chi connectivity index (χ4n) is 1.73. The van der Waals surface area contributed by atoms with Gasteiger partial charge in [-0.3, -0.25) is 4.79 Å². The zero-order chi connectivity index (χ0) is 13.3. The molecule has 0 fully saturated rings. The minimum absolute atomic E-state index is 0.0600. The Kier molecular flexibility index (Phi) is 2.94. The zero-order valence-corrected chi connectivity index (χ0v) is 9.37. The molecule has 0 amide bonds. The number of phenols is 1. The highest BCUT2D eigenvalue weighted by Gasteiger charge is 2.31. The second-order valence-corrected chi connectivity index (χ2v) is 4.09. The summed E-state index contributed by atoms with van der Waals surface area (Å²) >= 11 is 0. The molecule has 0 aliphatic heterocycles. The molecular formula is C13H12O5. The van der Waals surface area contributed by atoms with Gasteiger partial charge in [-0.1, -0.05) is 12.1 Å². The molecule has 1 aliphatic carbocycles. The Labute approximate surface area is 103 Å². The number of rotatable bonds is 1. The number of carbonyl (C=O) groups excluding carboxylic acids is 1. The molecule has 18 heavy (non-hydrogen) atoms. The molecule has 1 aromatic carbocycles. The van der Waals surface area contributed by atoms with Crippen molar-refractivity contribution in [2.75, 3.05) is 0 Å². The first-order chi connectivity index (χ1) is 8.41. The van der Waals surface area contributed by atoms with Crippen LogP contribution in [-0.2, 0) is 4.79 Å². The van der Waals surface area contributed by atoms with Gasteiger partial charge in [0.15, 0.2) is 11.6 Å². The van der Waals surface area contributed by atoms with Crippen LogP contribution in [0.5, 0.6) is 5.75 Å². The quantitative estimate of drug-likeness (QED) is 0.336. The molecular weight excluding hydrogens is 236 g/mol. The van der Waals surface area contributed by atoms with Crippen molar-refractivity contribution >= 4 is 11.5 Å². The number of aliphatic hydroxyl groups is 3. The van der Waals surface area contributed by atoms with Crippen LogP contribution in [-0.4, -0.2) is 32.0 Å². The predicted octanol–water partition coefficient (Wildman–Crippen LogP) is 0.871. The standard InChI is InChI=1S/C13H12O5/c14-10-4-2-1-3-8(10)12(16)9-5-6-13(17,18)7-11(9)15/h1-6,14,16-18H,7H2/b12-9-. The maximum Gasteiger partial charge on any atom is 0.190 e. The second-order valence-electron chi connectivity index (χ2n) is 4.09. The number of carbonyl (C=O) groups is 1. The van der Waals surface area contributed by atoms with Gasteiger partial charge in [0.05, 0.1) is 17.6 Å². The maximum atomic E-state index is 11.7. The first-order valence-corrected chi connectivity index (χ1v) is 5.29. The summed E-state index contributed by atoms with van der Waals surface area (Å²) in [6.07, 6.45) is 1.62. The normalized spacial score (nSPS) is 20.9. The molecule has 0 aromatic heterocycles. The number of Topliss-reactive ketones (excluding diaryl/α,β-unsaturated/α-hetero) is 1. The van der Waals surface area contributed by atoms with Crippen LogP contribution in [0.2, 0.25) is 0 Å². The van der Waals surface area contributed by atoms with Crippen LogP contribution in [0.3, 0.4) is 0 Å². The molecule has 94 valence electrons. The Morgan fingerprint density at radius 1 is 1.22 bits per heavy atom. The number of para-hydroxylation sites is 1. The molecule has 4 N–H and O–H groups in total. The van der Waals surface area contributed by atoms with E-state index < -0.39 is 18.0 Å². The van der Waals surface area contributed by atoms with Gasteiger partial charge in [-0.15, -0.1) is 0 Å². The lowest BCUT2D eigenvalue weighted by Gasteiger charge is -2.21. The Morgan fingerprint density at radius 3 is 2.50 bits per heavy atom. The van der Waals surface area contributed by atoms with Gasteiger partial charge in [0, 0.05) is 0 Å². The van der Waals surface area contributed by atoms with Crippen LogP contribution in [0.4, 0.5) is 0 Å². The summed E-state index contributed by atoms with van der Waals surface area (Å²) in [5, 5.41) is 38.1. The highest BCUT2D eigenvalue weighted by Crippen LogP contribution is 2.29. The highest BCUT2D eigenvalue weighted by atomic mass is 16.5. The van der Waals surface area contributed by atoms with Gasteiger partial charge in [0.1, 0.15) is 11.5 Å². The van der Waals surface area contributed by atoms with E-state index in [2.05, 4.69) is 0 Å². The van der Waals surface area contributed by atoms with Crippen molar-refractivity contribution < 1.29 is 25.2 Å². The Bertz CT molecular complexity index is 554. The average molecular weight is 248 g/mol. The third-order valence-electron chi connectivity index (χ3n) is 2.65. The van der Waals surface area contributed by atoms with Gasteiger partial charge in [-0.25, -0.2) is 0 Å². The van der Waals surface area contributed by atoms with Crippen molar-refractivity contribution in [1.29, 1.82) is 0 Å². The molecule has 1 aliphatic rings. The molecule has 0 heterocycles. The first kappa shape index (κ1) is 12.3. The van der Waals surface area contributed by atoms with E-state index in [-0.39, 0.29) is 22.6 Å². The van der Waals surface area contributed by atoms with Crippen LogP contribution >= 0.6 is 0 Å². The second kappa shape index (κ2) is 4.29. The first-order valence-electron chi connectivity index (χ1n) is 5.29. The van der Waals surface area contributed by atoms with Gasteiger partial charge in [-0.2, -0.15) is 0 Å². The number of ketones is 1. The molecule has 1 aromatic rings. The van der Waals surface area contributed by atoms with E-state index in [1.807, 2.05) is 0 Å². The Hall–Kier alpha value is -2.11. The third-order valence-corrected chi connectivity index (χ3v) is 2.65. The molecule has 5 nitrogen and oxygen atoms in total. The zero-order valence-electron chi connectivity index (χ0n) is 9.37. The number of phenolic OH excluding ortho intramolecular Hbond substituents is 1. The fourth-order valence-corrected chi connectivity index (χ4v) is 1.73. The molecule has 5 heteroatoms. The van der Waals surface area contributed by atoms with Crippen molar-refractivity contribution in [3.05, 3.63) is 47.6 Å². The largest absolute Gasteiger partial charge is 0.507 e. The topological polar surface area (TPSA) is 98.0 Å². The van der Waals surface area contributed by atoms with Crippen molar-refractivity contribution in [3.8, 4) is 5.75 Å². The number of aromatic hydroxyl groups is 1. The molecule has 0 unspecified atom stereocenters. The van der Waals surface area contributed by atoms with Gasteiger partial charge in [0.2, 0.25) is 0 Å². The van der Waals surface area contributed by atoms with E-state index in [0.717, 1.165) is 12.2 Å². The number of benzene rings is 1. The summed E-state index contributed by atoms with van der Waals surface area (Å²) in [6, 6.07) is 6.02. The maximum absolute atomic E-state index is 11.7. The monoisotopic (exact) mass is 248 g/mol. The fraction of sp³-hybridized carbons (Fsp3) is 0.154. The summed E-state index contributed by atoms with van der Waals surface area (Å²) in [7, 11) is 0. The third kappa shape index (κ3) is 2.27. The van der Waals surface area contributed by atoms with E-state index in [9.17, 15) is 25.2 Å². The SMILES string of the molecule is O=C1CC(O)(O)C=C/C1=C(/O)c1ccccc1O. The summed E-state index contributed by atoms with van der Waals surface area (Å²) in [5.41, 5.74) is 0.0594. The average Bonchev–Trinajstić information content (AvgIpc) is 2.27. The van der Waals surface area contributed by atoms with Crippen molar-refractivity contribution in [3.63, 3.8) is 0 Å². The minimum atomic E-state index is -2.18. The van der Waals surface area contributed by atoms with Gasteiger partial charge in [0.25, 0.3) is 0 Å². The molecule has 0 atom stereocenters. The number of aliphatic hydroxyl groups excluding tert-OH is 1. The number of allylic oxidation sites excluding steroid dienone is 2. The van der Waals surface area contributed by atoms with Crippen LogP contribution < -0.4 is 0 Å². The van der Waals surface area contributed by atoms with Gasteiger partial charge in [-0.05, 0) is 24.3 Å². The van der Waals surface area contributed by atoms with Crippen LogP contribution in [0.1, 0.15) is 12.0 Å². The van der Waals surface area contributed by atoms with Crippen LogP contribution in [0.25, 0.3) is 5.76 Å². The summed E-state index contributed by atoms with van der Waals surface area (Å²) in [4.78, 5) is 11.7. The molecule has 0 spiro atoms. The summed E-state index contributed by atoms with van der Waals surface area (Å²) in [6.45, 7) is 0. The predicted molar refractivity (Wildman–Crippen MR) is 63.6 cm³/mol. The highest BCUT2D eigenvalue weighted by molar-refractivity contribution is 6.05. The van der Waals surface area contributed by atoms with E-state index in [4.69, 9.17) is 0 Å². The summed E-state index contributed by atoms with van der Waals surface area (Å²) in [5.74, 6) is -3.33. The van der Waals surface area contributed by atoms with Crippen molar-refractivity contribution in [1.82, 2.24) is 0 Å². The van der Waals surface area contributed by atoms with E-state index in [1.165, 1.54) is 12.1 Å². The van der Waals surface area contributed by atoms with Crippen LogP contribution in [0, 0.1) is 0 Å². The van der Waals surface area contributed by atoms with Gasteiger partial charge >= 0.3 is 0 Å². The molecule has 2 rings (SSSR count). The van der Waals surface area contributed by atoms with Gasteiger partial charge < -0.3 is 20.4 Å². The summed E-state index contributed by atoms with van der Waals surface area (Å²) < 4.78 is 0. The van der Waals surface area contributed by atoms with E-state index >= 15 is 0 Å². The van der Waals surface area contributed by atoms with E-state index in [0.29, 0.717) is 0 Å². The molecule has 0 bridgehead atoms. The minimum Gasteiger partial charge on any atom is -0.507 e. The molecule has 0 saturated carbocycles. The van der Waals surface area contributed by atoms with Crippen LogP contribution in [0.15, 0.2) is 42.0 Å². The molecule has 0 saturated heterocycles. The number of hydrogen-bond donors (Lipinski definition) is 4. The smallest absolute Gasteiger partial charge is 0.190 e. The lowest BCUT2D eigenvalue weighted by Crippen LogP contribution is -2.32. The van der Waals surface area contributed by atoms with Crippen molar-refractivity contribution in [2.24, 2.45) is 0 Å². The lowest BCUT2D eigenvalue weighted by molar-refractivity contribution is -0.144. The van der Waals surface area contributed by atoms with Crippen molar-refractivity contribution in [2.45, 2.75) is 12.2 Å².